The van der Waals surface area contributed by atoms with Gasteiger partial charge in [0.05, 0.1) is 18.1 Å². The van der Waals surface area contributed by atoms with Crippen molar-refractivity contribution in [2.45, 2.75) is 46.5 Å². The third kappa shape index (κ3) is 3.50. The number of hydrogen-bond acceptors (Lipinski definition) is 3. The average Bonchev–Trinajstić information content (AvgIpc) is 3.45. The lowest BCUT2D eigenvalue weighted by Crippen LogP contribution is -2.30. The number of rotatable bonds is 4. The zero-order chi connectivity index (χ0) is 27.7. The number of aromatic nitrogens is 4. The lowest BCUT2D eigenvalue weighted by atomic mass is 9.92. The van der Waals surface area contributed by atoms with E-state index < -0.39 is 0 Å². The summed E-state index contributed by atoms with van der Waals surface area (Å²) in [6.45, 7) is 11.3. The normalized spacial score (nSPS) is 12.2. The van der Waals surface area contributed by atoms with Crippen LogP contribution in [-0.4, -0.2) is 14.5 Å². The van der Waals surface area contributed by atoms with Crippen molar-refractivity contribution in [3.63, 3.8) is 0 Å². The predicted octanol–water partition coefficient (Wildman–Crippen LogP) is 8.52. The van der Waals surface area contributed by atoms with E-state index in [0.717, 1.165) is 44.4 Å². The van der Waals surface area contributed by atoms with E-state index in [1.54, 1.807) is 12.4 Å². The Morgan fingerprint density at radius 3 is 2.15 bits per heavy atom. The van der Waals surface area contributed by atoms with Crippen LogP contribution in [0.4, 0.5) is 0 Å². The van der Waals surface area contributed by atoms with Gasteiger partial charge in [0, 0.05) is 40.4 Å². The van der Waals surface area contributed by atoms with E-state index in [9.17, 15) is 0 Å². The molecule has 198 valence electrons. The molecule has 40 heavy (non-hydrogen) atoms. The number of para-hydroxylation sites is 3. The molecule has 7 rings (SSSR count). The molecule has 0 atom stereocenters. The zero-order valence-electron chi connectivity index (χ0n) is 23.9. The highest BCUT2D eigenvalue weighted by Crippen LogP contribution is 2.42. The summed E-state index contributed by atoms with van der Waals surface area (Å²) >= 11 is 0. The number of hydrogen-bond donors (Lipinski definition) is 0. The van der Waals surface area contributed by atoms with Crippen LogP contribution in [0.1, 0.15) is 56.2 Å². The van der Waals surface area contributed by atoms with Gasteiger partial charge < -0.3 is 4.42 Å². The summed E-state index contributed by atoms with van der Waals surface area (Å²) in [6, 6.07) is 24.0. The van der Waals surface area contributed by atoms with Crippen molar-refractivity contribution in [1.82, 2.24) is 14.5 Å². The molecule has 0 saturated carbocycles. The van der Waals surface area contributed by atoms with E-state index in [1.165, 1.54) is 33.4 Å². The van der Waals surface area contributed by atoms with E-state index in [1.807, 2.05) is 6.07 Å². The van der Waals surface area contributed by atoms with Crippen LogP contribution in [0.2, 0.25) is 0 Å². The minimum absolute atomic E-state index is 0.364. The Balaban J connectivity index is 1.66. The maximum absolute atomic E-state index is 6.73. The van der Waals surface area contributed by atoms with Gasteiger partial charge in [-0.25, -0.2) is 4.57 Å². The highest BCUT2D eigenvalue weighted by Gasteiger charge is 2.33. The Morgan fingerprint density at radius 1 is 0.775 bits per heavy atom. The molecule has 0 fully saturated rings. The number of aryl methyl sites for hydroxylation is 2. The molecule has 0 bridgehead atoms. The molecule has 3 aromatic heterocycles. The standard InChI is InChI=1S/C35H33N4O/c1-20(2)23-10-9-11-24(21(3)4)33(23)39-30-13-8-7-12-29(30)38(6)35(39)32-22(5)14-15-25-26-18-27-28(37-17-16-36-27)19-31(26)40-34(25)32/h7-21H,1-6H3/q+1. The molecular formula is C35H33N4O+. The molecule has 0 aliphatic heterocycles. The first-order chi connectivity index (χ1) is 19.3. The molecule has 4 aromatic carbocycles. The van der Waals surface area contributed by atoms with Crippen LogP contribution >= 0.6 is 0 Å². The summed E-state index contributed by atoms with van der Waals surface area (Å²) in [7, 11) is 2.17. The lowest BCUT2D eigenvalue weighted by molar-refractivity contribution is -0.633. The van der Waals surface area contributed by atoms with Crippen LogP contribution in [0, 0.1) is 6.92 Å². The topological polar surface area (TPSA) is 47.7 Å². The largest absolute Gasteiger partial charge is 0.455 e. The van der Waals surface area contributed by atoms with Gasteiger partial charge in [-0.1, -0.05) is 70.2 Å². The van der Waals surface area contributed by atoms with E-state index in [2.05, 4.69) is 121 Å². The molecule has 0 radical (unpaired) electrons. The van der Waals surface area contributed by atoms with Crippen molar-refractivity contribution in [3.8, 4) is 17.1 Å². The van der Waals surface area contributed by atoms with Crippen molar-refractivity contribution in [1.29, 1.82) is 0 Å². The summed E-state index contributed by atoms with van der Waals surface area (Å²) in [4.78, 5) is 9.07. The third-order valence-electron chi connectivity index (χ3n) is 8.24. The Kier molecular flexibility index (Phi) is 5.53. The third-order valence-corrected chi connectivity index (χ3v) is 8.24. The highest BCUT2D eigenvalue weighted by molar-refractivity contribution is 6.12. The minimum atomic E-state index is 0.364. The van der Waals surface area contributed by atoms with Crippen LogP contribution in [0.5, 0.6) is 0 Å². The van der Waals surface area contributed by atoms with Crippen molar-refractivity contribution in [2.24, 2.45) is 7.05 Å². The summed E-state index contributed by atoms with van der Waals surface area (Å²) < 4.78 is 11.5. The molecule has 7 aromatic rings. The van der Waals surface area contributed by atoms with Crippen LogP contribution < -0.4 is 4.57 Å². The van der Waals surface area contributed by atoms with Gasteiger partial charge in [0.1, 0.15) is 16.8 Å². The van der Waals surface area contributed by atoms with Crippen molar-refractivity contribution in [2.75, 3.05) is 0 Å². The van der Waals surface area contributed by atoms with Crippen LogP contribution in [0.15, 0.2) is 83.5 Å². The molecule has 0 aliphatic carbocycles. The Morgan fingerprint density at radius 2 is 1.45 bits per heavy atom. The SMILES string of the molecule is Cc1ccc2c(oc3cc4nccnc4cc32)c1-c1n(-c2c(C(C)C)cccc2C(C)C)c2ccccc2[n+]1C. The summed E-state index contributed by atoms with van der Waals surface area (Å²) in [5.41, 5.74) is 12.0. The quantitative estimate of drug-likeness (QED) is 0.216. The van der Waals surface area contributed by atoms with Gasteiger partial charge in [0.2, 0.25) is 0 Å². The fraction of sp³-hybridized carbons (Fsp3) is 0.229. The molecule has 0 N–H and O–H groups in total. The van der Waals surface area contributed by atoms with E-state index >= 15 is 0 Å². The lowest BCUT2D eigenvalue weighted by Gasteiger charge is -2.18. The summed E-state index contributed by atoms with van der Waals surface area (Å²) in [5, 5.41) is 2.14. The van der Waals surface area contributed by atoms with Gasteiger partial charge in [0.25, 0.3) is 5.82 Å². The second-order valence-electron chi connectivity index (χ2n) is 11.4. The van der Waals surface area contributed by atoms with Crippen LogP contribution in [-0.2, 0) is 7.05 Å². The molecule has 0 unspecified atom stereocenters. The number of benzene rings is 4. The average molecular weight is 526 g/mol. The minimum Gasteiger partial charge on any atom is -0.455 e. The van der Waals surface area contributed by atoms with Crippen molar-refractivity contribution in [3.05, 3.63) is 95.8 Å². The molecule has 0 spiro atoms. The summed E-state index contributed by atoms with van der Waals surface area (Å²) in [6.07, 6.45) is 3.46. The van der Waals surface area contributed by atoms with Gasteiger partial charge in [0.15, 0.2) is 16.6 Å². The first-order valence-electron chi connectivity index (χ1n) is 14.0. The maximum Gasteiger partial charge on any atom is 0.299 e. The molecule has 3 heterocycles. The van der Waals surface area contributed by atoms with Crippen LogP contribution in [0.25, 0.3) is 61.1 Å². The number of fused-ring (bicyclic) bond motifs is 5. The maximum atomic E-state index is 6.73. The Bertz CT molecular complexity index is 2070. The Hall–Kier alpha value is -4.51. The van der Waals surface area contributed by atoms with Gasteiger partial charge >= 0.3 is 0 Å². The molecule has 0 aliphatic rings. The predicted molar refractivity (Wildman–Crippen MR) is 163 cm³/mol. The van der Waals surface area contributed by atoms with Gasteiger partial charge in [-0.2, -0.15) is 4.57 Å². The first-order valence-corrected chi connectivity index (χ1v) is 14.0. The molecule has 5 heteroatoms. The number of nitrogens with zero attached hydrogens (tertiary/aromatic N) is 4. The van der Waals surface area contributed by atoms with E-state index in [-0.39, 0.29) is 0 Å². The van der Waals surface area contributed by atoms with Gasteiger partial charge in [-0.15, -0.1) is 0 Å². The monoisotopic (exact) mass is 525 g/mol. The Labute approximate surface area is 233 Å². The van der Waals surface area contributed by atoms with Gasteiger partial charge in [-0.3, -0.25) is 9.97 Å². The second-order valence-corrected chi connectivity index (χ2v) is 11.4. The fourth-order valence-corrected chi connectivity index (χ4v) is 6.26. The fourth-order valence-electron chi connectivity index (χ4n) is 6.26. The first kappa shape index (κ1) is 24.5. The molecule has 0 saturated heterocycles. The number of furan rings is 1. The van der Waals surface area contributed by atoms with E-state index in [4.69, 9.17) is 4.42 Å². The molecule has 0 amide bonds. The highest BCUT2D eigenvalue weighted by atomic mass is 16.3. The van der Waals surface area contributed by atoms with E-state index in [0.29, 0.717) is 11.8 Å². The second kappa shape index (κ2) is 9.02. The molecule has 5 nitrogen and oxygen atoms in total. The number of imidazole rings is 1. The van der Waals surface area contributed by atoms with Gasteiger partial charge in [-0.05, 0) is 42.5 Å². The zero-order valence-corrected chi connectivity index (χ0v) is 23.9. The van der Waals surface area contributed by atoms with Crippen LogP contribution in [0.3, 0.4) is 0 Å². The van der Waals surface area contributed by atoms with Crippen molar-refractivity contribution >= 4 is 44.0 Å². The molecular weight excluding hydrogens is 492 g/mol. The smallest absolute Gasteiger partial charge is 0.299 e. The van der Waals surface area contributed by atoms with Crippen molar-refractivity contribution < 1.29 is 8.98 Å². The summed E-state index contributed by atoms with van der Waals surface area (Å²) in [5.74, 6) is 1.84.